The van der Waals surface area contributed by atoms with Crippen molar-refractivity contribution in [3.8, 4) is 0 Å². The van der Waals surface area contributed by atoms with Crippen LogP contribution in [-0.4, -0.2) is 29.6 Å². The van der Waals surface area contributed by atoms with Gasteiger partial charge in [0, 0.05) is 35.3 Å². The fourth-order valence-electron chi connectivity index (χ4n) is 11.7. The Kier molecular flexibility index (Phi) is 4.64. The Morgan fingerprint density at radius 1 is 0.941 bits per heavy atom. The Morgan fingerprint density at radius 2 is 1.68 bits per heavy atom. The summed E-state index contributed by atoms with van der Waals surface area (Å²) >= 11 is 0. The molecule has 4 heteroatoms. The standard InChI is InChI=1S/C30H44O4/c1-17-23-19(34-25(17)33)15-30(16-31)14-13-28(5)18(24(23)30)7-8-21-27(4)11-10-22(32)26(2,3)20(27)9-12-29(21,28)6/h18-21,23-24,31H,1,7-16H2,2-6H3/t18-,19-,20-,21+,23-,24+,27+,28-,29-,30+/m1/s1. The summed E-state index contributed by atoms with van der Waals surface area (Å²) in [5.41, 5.74) is 0.889. The minimum absolute atomic E-state index is 0.0718. The Balaban J connectivity index is 1.41. The van der Waals surface area contributed by atoms with Crippen molar-refractivity contribution in [3.63, 3.8) is 0 Å². The highest BCUT2D eigenvalue weighted by atomic mass is 16.6. The van der Waals surface area contributed by atoms with Crippen molar-refractivity contribution >= 4 is 11.8 Å². The first-order chi connectivity index (χ1) is 15.9. The Labute approximate surface area is 205 Å². The average molecular weight is 469 g/mol. The molecule has 0 aromatic heterocycles. The lowest BCUT2D eigenvalue weighted by Gasteiger charge is -2.72. The van der Waals surface area contributed by atoms with Gasteiger partial charge in [0.05, 0.1) is 0 Å². The molecule has 5 saturated carbocycles. The summed E-state index contributed by atoms with van der Waals surface area (Å²) in [4.78, 5) is 25.4. The molecule has 0 aromatic rings. The van der Waals surface area contributed by atoms with Gasteiger partial charge < -0.3 is 9.84 Å². The summed E-state index contributed by atoms with van der Waals surface area (Å²) < 4.78 is 5.80. The first-order valence-corrected chi connectivity index (χ1v) is 13.9. The van der Waals surface area contributed by atoms with Crippen molar-refractivity contribution in [2.75, 3.05) is 6.61 Å². The van der Waals surface area contributed by atoms with Crippen LogP contribution in [0, 0.1) is 56.7 Å². The van der Waals surface area contributed by atoms with Gasteiger partial charge in [-0.1, -0.05) is 41.2 Å². The van der Waals surface area contributed by atoms with E-state index in [0.29, 0.717) is 29.1 Å². The number of carbonyl (C=O) groups is 2. The van der Waals surface area contributed by atoms with Crippen molar-refractivity contribution in [2.24, 2.45) is 56.7 Å². The molecular weight excluding hydrogens is 424 g/mol. The molecule has 1 saturated heterocycles. The van der Waals surface area contributed by atoms with E-state index in [4.69, 9.17) is 4.74 Å². The summed E-state index contributed by atoms with van der Waals surface area (Å²) in [5.74, 6) is 2.18. The molecule has 0 bridgehead atoms. The zero-order valence-corrected chi connectivity index (χ0v) is 21.9. The van der Waals surface area contributed by atoms with Gasteiger partial charge in [-0.25, -0.2) is 4.79 Å². The molecule has 0 spiro atoms. The van der Waals surface area contributed by atoms with Gasteiger partial charge in [-0.15, -0.1) is 0 Å². The van der Waals surface area contributed by atoms with E-state index in [1.807, 2.05) is 0 Å². The predicted molar refractivity (Wildman–Crippen MR) is 131 cm³/mol. The molecule has 4 nitrogen and oxygen atoms in total. The third-order valence-corrected chi connectivity index (χ3v) is 13.6. The Hall–Kier alpha value is -1.16. The number of hydrogen-bond acceptors (Lipinski definition) is 4. The lowest BCUT2D eigenvalue weighted by Crippen LogP contribution is -2.66. The van der Waals surface area contributed by atoms with Gasteiger partial charge in [0.1, 0.15) is 11.9 Å². The third-order valence-electron chi connectivity index (χ3n) is 13.6. The van der Waals surface area contributed by atoms with E-state index >= 15 is 0 Å². The second-order valence-corrected chi connectivity index (χ2v) is 14.6. The van der Waals surface area contributed by atoms with Crippen molar-refractivity contribution in [3.05, 3.63) is 12.2 Å². The van der Waals surface area contributed by atoms with E-state index in [1.54, 1.807) is 0 Å². The summed E-state index contributed by atoms with van der Waals surface area (Å²) in [6.45, 7) is 16.5. The highest BCUT2D eigenvalue weighted by Gasteiger charge is 2.73. The largest absolute Gasteiger partial charge is 0.458 e. The maximum absolute atomic E-state index is 12.9. The van der Waals surface area contributed by atoms with E-state index in [1.165, 1.54) is 12.8 Å². The molecule has 5 aliphatic carbocycles. The molecule has 0 unspecified atom stereocenters. The first kappa shape index (κ1) is 23.3. The first-order valence-electron chi connectivity index (χ1n) is 13.9. The van der Waals surface area contributed by atoms with Gasteiger partial charge in [0.2, 0.25) is 0 Å². The third kappa shape index (κ3) is 2.45. The summed E-state index contributed by atoms with van der Waals surface area (Å²) in [6, 6.07) is 0. The minimum atomic E-state index is -0.220. The second kappa shape index (κ2) is 6.78. The molecule has 10 atom stereocenters. The monoisotopic (exact) mass is 468 g/mol. The van der Waals surface area contributed by atoms with Gasteiger partial charge in [0.15, 0.2) is 0 Å². The number of Topliss-reactive ketones (excluding diaryl/α,β-unsaturated/α-hetero) is 1. The van der Waals surface area contributed by atoms with Crippen LogP contribution < -0.4 is 0 Å². The number of aliphatic hydroxyl groups excluding tert-OH is 1. The Morgan fingerprint density at radius 3 is 2.38 bits per heavy atom. The van der Waals surface area contributed by atoms with Crippen molar-refractivity contribution in [1.29, 1.82) is 0 Å². The number of fused-ring (bicyclic) bond motifs is 9. The van der Waals surface area contributed by atoms with Crippen LogP contribution in [0.5, 0.6) is 0 Å². The smallest absolute Gasteiger partial charge is 0.334 e. The maximum Gasteiger partial charge on any atom is 0.334 e. The van der Waals surface area contributed by atoms with Crippen molar-refractivity contribution < 1.29 is 19.4 Å². The summed E-state index contributed by atoms with van der Waals surface area (Å²) in [6.07, 6.45) is 9.31. The van der Waals surface area contributed by atoms with Gasteiger partial charge in [0.25, 0.3) is 0 Å². The number of esters is 1. The quantitative estimate of drug-likeness (QED) is 0.395. The zero-order chi connectivity index (χ0) is 24.5. The topological polar surface area (TPSA) is 63.6 Å². The molecule has 188 valence electrons. The number of carbonyl (C=O) groups excluding carboxylic acids is 2. The van der Waals surface area contributed by atoms with Gasteiger partial charge >= 0.3 is 5.97 Å². The van der Waals surface area contributed by atoms with E-state index in [2.05, 4.69) is 41.2 Å². The molecule has 1 heterocycles. The maximum atomic E-state index is 12.9. The van der Waals surface area contributed by atoms with Crippen LogP contribution in [0.15, 0.2) is 12.2 Å². The lowest BCUT2D eigenvalue weighted by atomic mass is 9.32. The zero-order valence-electron chi connectivity index (χ0n) is 21.9. The van der Waals surface area contributed by atoms with Crippen molar-refractivity contribution in [2.45, 2.75) is 98.5 Å². The predicted octanol–water partition coefficient (Wildman–Crippen LogP) is 5.72. The van der Waals surface area contributed by atoms with Crippen LogP contribution in [0.25, 0.3) is 0 Å². The molecule has 6 rings (SSSR count). The number of ketones is 1. The normalized spacial score (nSPS) is 55.5. The van der Waals surface area contributed by atoms with Crippen LogP contribution in [0.1, 0.15) is 92.4 Å². The molecule has 6 aliphatic rings. The summed E-state index contributed by atoms with van der Waals surface area (Å²) in [7, 11) is 0. The fourth-order valence-corrected chi connectivity index (χ4v) is 11.7. The molecule has 0 aromatic carbocycles. The van der Waals surface area contributed by atoms with E-state index < -0.39 is 0 Å². The average Bonchev–Trinajstić information content (AvgIpc) is 3.24. The number of ether oxygens (including phenoxy) is 1. The van der Waals surface area contributed by atoms with Crippen LogP contribution in [0.2, 0.25) is 0 Å². The molecule has 34 heavy (non-hydrogen) atoms. The number of hydrogen-bond donors (Lipinski definition) is 1. The summed E-state index contributed by atoms with van der Waals surface area (Å²) in [5, 5.41) is 10.7. The Bertz CT molecular complexity index is 967. The van der Waals surface area contributed by atoms with Gasteiger partial charge in [-0.05, 0) is 91.3 Å². The highest BCUT2D eigenvalue weighted by Crippen LogP contribution is 2.77. The highest BCUT2D eigenvalue weighted by molar-refractivity contribution is 5.91. The number of aliphatic hydroxyl groups is 1. The molecular formula is C30H44O4. The molecule has 1 aliphatic heterocycles. The van der Waals surface area contributed by atoms with E-state index in [0.717, 1.165) is 44.9 Å². The van der Waals surface area contributed by atoms with Gasteiger partial charge in [-0.2, -0.15) is 0 Å². The van der Waals surface area contributed by atoms with Crippen LogP contribution in [-0.2, 0) is 14.3 Å². The number of rotatable bonds is 1. The van der Waals surface area contributed by atoms with Crippen molar-refractivity contribution in [1.82, 2.24) is 0 Å². The molecule has 0 radical (unpaired) electrons. The van der Waals surface area contributed by atoms with E-state index in [-0.39, 0.29) is 57.6 Å². The second-order valence-electron chi connectivity index (χ2n) is 14.6. The van der Waals surface area contributed by atoms with Gasteiger partial charge in [-0.3, -0.25) is 4.79 Å². The molecule has 6 fully saturated rings. The van der Waals surface area contributed by atoms with Crippen LogP contribution in [0.3, 0.4) is 0 Å². The van der Waals surface area contributed by atoms with Crippen LogP contribution in [0.4, 0.5) is 0 Å². The van der Waals surface area contributed by atoms with Crippen LogP contribution >= 0.6 is 0 Å². The molecule has 0 amide bonds. The lowest BCUT2D eigenvalue weighted by molar-refractivity contribution is -0.236. The minimum Gasteiger partial charge on any atom is -0.458 e. The van der Waals surface area contributed by atoms with E-state index in [9.17, 15) is 14.7 Å². The SMILES string of the molecule is C=C1C(=O)O[C@@H]2C[C@]3(CO)CC[C@]4(C)[C@H](CC[C@H]5[C@@]6(C)CCC(=O)C(C)(C)[C@H]6CC[C@]54C)[C@H]3[C@H]12. The fraction of sp³-hybridized carbons (Fsp3) is 0.867. The molecule has 1 N–H and O–H groups in total.